The number of pyridine rings is 2. The van der Waals surface area contributed by atoms with E-state index in [4.69, 9.17) is 4.99 Å². The van der Waals surface area contributed by atoms with Crippen molar-refractivity contribution in [2.75, 3.05) is 5.32 Å². The Morgan fingerprint density at radius 3 is 2.07 bits per heavy atom. The Morgan fingerprint density at radius 2 is 1.46 bits per heavy atom. The predicted molar refractivity (Wildman–Crippen MR) is 165 cm³/mol. The minimum absolute atomic E-state index is 0.0275. The van der Waals surface area contributed by atoms with E-state index in [1.165, 1.54) is 18.8 Å². The van der Waals surface area contributed by atoms with Gasteiger partial charge in [-0.2, -0.15) is 0 Å². The summed E-state index contributed by atoms with van der Waals surface area (Å²) in [6, 6.07) is 3.16. The predicted octanol–water partition coefficient (Wildman–Crippen LogP) is 7.48. The molecule has 0 spiro atoms. The maximum Gasteiger partial charge on any atom is 0.327 e. The zero-order valence-corrected chi connectivity index (χ0v) is 25.4. The zero-order chi connectivity index (χ0) is 31.0. The van der Waals surface area contributed by atoms with Gasteiger partial charge in [0.2, 0.25) is 0 Å². The molecule has 0 saturated carbocycles. The molecule has 0 bridgehead atoms. The Morgan fingerprint density at radius 1 is 0.902 bits per heavy atom. The summed E-state index contributed by atoms with van der Waals surface area (Å²) in [6.07, 6.45) is 17.2. The molecular weight excluding hydrogens is 520 g/mol. The van der Waals surface area contributed by atoms with Crippen LogP contribution in [0.25, 0.3) is 0 Å². The number of anilines is 1. The van der Waals surface area contributed by atoms with Crippen molar-refractivity contribution < 1.29 is 14.4 Å². The number of rotatable bonds is 6. The van der Waals surface area contributed by atoms with E-state index in [-0.39, 0.29) is 11.4 Å². The highest BCUT2D eigenvalue weighted by Crippen LogP contribution is 2.43. The second-order valence-corrected chi connectivity index (χ2v) is 10.4. The Kier molecular flexibility index (Phi) is 11.0. The minimum Gasteiger partial charge on any atom is -0.343 e. The lowest BCUT2D eigenvalue weighted by atomic mass is 9.82. The van der Waals surface area contributed by atoms with Crippen LogP contribution in [0.1, 0.15) is 72.9 Å². The standard InChI is InChI=1S/C26H26N6O4.C3H8.C2H6/c1-25(2)19-13-17(31(33)34)15-27-23(19)28-21(25)11-9-7-6-8-10-12-22-26(3,4)20-14-18(32(35)36)16-30(5)24(20)29-22;1-3-2;1-2/h6-16H,1-5H3;3H2,1-2H3;1-2H3/p+1. The van der Waals surface area contributed by atoms with Gasteiger partial charge in [-0.15, -0.1) is 0 Å². The number of aliphatic imine (C=N–C) groups is 1. The average molecular weight is 562 g/mol. The number of aryl methyl sites for hydroxylation is 1. The molecule has 41 heavy (non-hydrogen) atoms. The smallest absolute Gasteiger partial charge is 0.327 e. The van der Waals surface area contributed by atoms with Crippen LogP contribution in [0.2, 0.25) is 0 Å². The van der Waals surface area contributed by atoms with Gasteiger partial charge in [0, 0.05) is 28.8 Å². The van der Waals surface area contributed by atoms with Gasteiger partial charge in [0.1, 0.15) is 12.0 Å². The van der Waals surface area contributed by atoms with E-state index in [1.807, 2.05) is 84.1 Å². The third-order valence-corrected chi connectivity index (χ3v) is 6.59. The molecule has 4 rings (SSSR count). The van der Waals surface area contributed by atoms with Crippen LogP contribution >= 0.6 is 0 Å². The van der Waals surface area contributed by atoms with Crippen LogP contribution in [0.3, 0.4) is 0 Å². The first-order valence-corrected chi connectivity index (χ1v) is 13.8. The minimum atomic E-state index is -0.457. The van der Waals surface area contributed by atoms with Crippen molar-refractivity contribution >= 4 is 28.7 Å². The monoisotopic (exact) mass is 561 g/mol. The lowest BCUT2D eigenvalue weighted by Gasteiger charge is -2.19. The molecule has 2 aliphatic rings. The van der Waals surface area contributed by atoms with Crippen LogP contribution in [0.15, 0.2) is 77.7 Å². The third kappa shape index (κ3) is 7.19. The number of aromatic nitrogens is 2. The normalized spacial score (nSPS) is 16.9. The highest BCUT2D eigenvalue weighted by atomic mass is 16.6. The number of hydrogen-bond acceptors (Lipinski definition) is 7. The van der Waals surface area contributed by atoms with Crippen molar-refractivity contribution in [1.29, 1.82) is 0 Å². The fraction of sp³-hybridized carbons (Fsp3) is 0.387. The summed E-state index contributed by atoms with van der Waals surface area (Å²) in [4.78, 5) is 30.4. The summed E-state index contributed by atoms with van der Waals surface area (Å²) in [5, 5.41) is 25.6. The van der Waals surface area contributed by atoms with Gasteiger partial charge in [-0.25, -0.2) is 9.55 Å². The van der Waals surface area contributed by atoms with E-state index < -0.39 is 20.7 Å². The molecule has 2 aliphatic heterocycles. The van der Waals surface area contributed by atoms with E-state index >= 15 is 0 Å². The summed E-state index contributed by atoms with van der Waals surface area (Å²) in [6.45, 7) is 16.2. The average Bonchev–Trinajstić information content (AvgIpc) is 3.33. The molecule has 0 saturated heterocycles. The number of nitrogens with zero attached hydrogens (tertiary/aromatic N) is 5. The maximum atomic E-state index is 11.2. The molecule has 0 atom stereocenters. The Hall–Kier alpha value is -4.47. The van der Waals surface area contributed by atoms with Crippen LogP contribution in [-0.2, 0) is 17.9 Å². The van der Waals surface area contributed by atoms with Gasteiger partial charge in [-0.05, 0) is 31.0 Å². The molecule has 10 heteroatoms. The first kappa shape index (κ1) is 32.7. The van der Waals surface area contributed by atoms with Gasteiger partial charge < -0.3 is 5.32 Å². The van der Waals surface area contributed by atoms with Gasteiger partial charge in [-0.3, -0.25) is 20.2 Å². The fourth-order valence-electron chi connectivity index (χ4n) is 4.33. The molecular formula is C31H41N6O4+. The molecule has 0 aliphatic carbocycles. The molecule has 0 amide bonds. The lowest BCUT2D eigenvalue weighted by molar-refractivity contribution is -0.661. The first-order chi connectivity index (χ1) is 19.3. The first-order valence-electron chi connectivity index (χ1n) is 13.8. The molecule has 4 heterocycles. The molecule has 2 aromatic rings. The number of allylic oxidation sites excluding steroid dienone is 8. The van der Waals surface area contributed by atoms with Gasteiger partial charge in [0.05, 0.1) is 27.9 Å². The van der Waals surface area contributed by atoms with Crippen molar-refractivity contribution in [3.8, 4) is 0 Å². The summed E-state index contributed by atoms with van der Waals surface area (Å²) in [5.41, 5.74) is 2.45. The third-order valence-electron chi connectivity index (χ3n) is 6.59. The fourth-order valence-corrected chi connectivity index (χ4v) is 4.33. The van der Waals surface area contributed by atoms with Crippen molar-refractivity contribution in [2.45, 2.75) is 72.6 Å². The quantitative estimate of drug-likeness (QED) is 0.168. The molecule has 0 radical (unpaired) electrons. The SMILES string of the molecule is CC.CCC.C[n+]1cc([N+](=O)[O-])cc2c1N=C(/C=C/C=C/C=C/C=C1\Nc3ncc([N+](=O)[O-])cc3C1(C)C)C2(C)C. The van der Waals surface area contributed by atoms with E-state index in [2.05, 4.69) is 24.1 Å². The zero-order valence-electron chi connectivity index (χ0n) is 25.4. The van der Waals surface area contributed by atoms with Crippen molar-refractivity contribution in [2.24, 2.45) is 12.0 Å². The highest BCUT2D eigenvalue weighted by Gasteiger charge is 2.43. The van der Waals surface area contributed by atoms with Crippen molar-refractivity contribution in [3.05, 3.63) is 104 Å². The Bertz CT molecular complexity index is 1450. The molecule has 0 aromatic carbocycles. The number of nitrogens with one attached hydrogen (secondary N) is 1. The lowest BCUT2D eigenvalue weighted by Crippen LogP contribution is -2.31. The van der Waals surface area contributed by atoms with Crippen molar-refractivity contribution in [1.82, 2.24) is 4.98 Å². The highest BCUT2D eigenvalue weighted by molar-refractivity contribution is 6.07. The molecule has 2 aromatic heterocycles. The van der Waals surface area contributed by atoms with Crippen LogP contribution in [0.5, 0.6) is 0 Å². The van der Waals surface area contributed by atoms with Gasteiger partial charge in [0.15, 0.2) is 11.9 Å². The second kappa shape index (κ2) is 13.7. The summed E-state index contributed by atoms with van der Waals surface area (Å²) >= 11 is 0. The van der Waals surface area contributed by atoms with Crippen LogP contribution in [-0.4, -0.2) is 20.5 Å². The van der Waals surface area contributed by atoms with Crippen LogP contribution < -0.4 is 9.88 Å². The Labute approximate surface area is 242 Å². The summed E-state index contributed by atoms with van der Waals surface area (Å²) in [5.74, 6) is 1.34. The van der Waals surface area contributed by atoms with E-state index in [0.717, 1.165) is 22.5 Å². The molecule has 218 valence electrons. The van der Waals surface area contributed by atoms with E-state index in [0.29, 0.717) is 11.6 Å². The van der Waals surface area contributed by atoms with Gasteiger partial charge >= 0.3 is 11.5 Å². The topological polar surface area (TPSA) is 127 Å². The van der Waals surface area contributed by atoms with Gasteiger partial charge in [0.25, 0.3) is 5.69 Å². The van der Waals surface area contributed by atoms with Gasteiger partial charge in [-0.1, -0.05) is 78.3 Å². The molecule has 0 unspecified atom stereocenters. The number of hydrogen-bond donors (Lipinski definition) is 1. The maximum absolute atomic E-state index is 11.2. The molecule has 0 fully saturated rings. The number of nitro groups is 2. The van der Waals surface area contributed by atoms with Crippen molar-refractivity contribution in [3.63, 3.8) is 0 Å². The Balaban J connectivity index is 0.00000110. The summed E-state index contributed by atoms with van der Waals surface area (Å²) < 4.78 is 1.69. The van der Waals surface area contributed by atoms with E-state index in [9.17, 15) is 20.2 Å². The number of fused-ring (bicyclic) bond motifs is 2. The van der Waals surface area contributed by atoms with Crippen LogP contribution in [0, 0.1) is 20.2 Å². The van der Waals surface area contributed by atoms with E-state index in [1.54, 1.807) is 23.7 Å². The second-order valence-electron chi connectivity index (χ2n) is 10.4. The van der Waals surface area contributed by atoms with Crippen LogP contribution in [0.4, 0.5) is 23.0 Å². The summed E-state index contributed by atoms with van der Waals surface area (Å²) in [7, 11) is 1.76. The molecule has 1 N–H and O–H groups in total. The largest absolute Gasteiger partial charge is 0.343 e. The molecule has 10 nitrogen and oxygen atoms in total.